The van der Waals surface area contributed by atoms with Crippen LogP contribution < -0.4 is 4.90 Å². The second-order valence-corrected chi connectivity index (χ2v) is 5.78. The lowest BCUT2D eigenvalue weighted by Gasteiger charge is -2.27. The van der Waals surface area contributed by atoms with Crippen molar-refractivity contribution >= 4 is 5.82 Å². The van der Waals surface area contributed by atoms with Gasteiger partial charge in [0.1, 0.15) is 17.5 Å². The van der Waals surface area contributed by atoms with Crippen molar-refractivity contribution in [2.75, 3.05) is 11.4 Å². The van der Waals surface area contributed by atoms with E-state index in [-0.39, 0.29) is 11.9 Å². The van der Waals surface area contributed by atoms with Crippen LogP contribution in [0.15, 0.2) is 42.9 Å². The number of H-pyrrole nitrogens is 1. The number of rotatable bonds is 3. The molecule has 0 amide bonds. The molecule has 7 heteroatoms. The van der Waals surface area contributed by atoms with Crippen molar-refractivity contribution in [2.24, 2.45) is 0 Å². The molecule has 1 aliphatic heterocycles. The van der Waals surface area contributed by atoms with Crippen molar-refractivity contribution in [1.29, 1.82) is 0 Å². The molecule has 1 saturated heterocycles. The van der Waals surface area contributed by atoms with Crippen molar-refractivity contribution in [3.05, 3.63) is 60.1 Å². The van der Waals surface area contributed by atoms with E-state index in [0.717, 1.165) is 42.4 Å². The molecule has 0 radical (unpaired) electrons. The molecule has 1 fully saturated rings. The van der Waals surface area contributed by atoms with Crippen molar-refractivity contribution in [3.63, 3.8) is 0 Å². The monoisotopic (exact) mass is 327 g/mol. The molecule has 0 saturated carbocycles. The summed E-state index contributed by atoms with van der Waals surface area (Å²) in [4.78, 5) is 2.04. The smallest absolute Gasteiger partial charge is 0.132 e. The van der Waals surface area contributed by atoms with Gasteiger partial charge in [-0.2, -0.15) is 15.3 Å². The van der Waals surface area contributed by atoms with Crippen LogP contribution in [0.25, 0.3) is 11.1 Å². The number of benzene rings is 1. The fourth-order valence-corrected chi connectivity index (χ4v) is 3.29. The SMILES string of the molecule is Fc1ccc(F)c([C@H]2CCCN2c2[nH]ncc2-c2ccnnc2)c1. The van der Waals surface area contributed by atoms with Crippen LogP contribution in [-0.2, 0) is 0 Å². The summed E-state index contributed by atoms with van der Waals surface area (Å²) in [7, 11) is 0. The van der Waals surface area contributed by atoms with E-state index < -0.39 is 5.82 Å². The van der Waals surface area contributed by atoms with Gasteiger partial charge in [-0.15, -0.1) is 0 Å². The molecule has 1 aromatic carbocycles. The number of hydrogen-bond acceptors (Lipinski definition) is 4. The largest absolute Gasteiger partial charge is 0.349 e. The highest BCUT2D eigenvalue weighted by Crippen LogP contribution is 2.40. The maximum atomic E-state index is 14.2. The van der Waals surface area contributed by atoms with Gasteiger partial charge in [0, 0.05) is 23.2 Å². The van der Waals surface area contributed by atoms with Gasteiger partial charge in [-0.25, -0.2) is 8.78 Å². The van der Waals surface area contributed by atoms with Crippen LogP contribution >= 0.6 is 0 Å². The standard InChI is InChI=1S/C17H15F2N5/c18-12-3-4-15(19)13(8-12)16-2-1-7-24(16)17-14(10-22-23-17)11-5-6-20-21-9-11/h3-6,8-10,16H,1-2,7H2,(H,22,23)/t16-/m1/s1. The van der Waals surface area contributed by atoms with Crippen LogP contribution in [0.3, 0.4) is 0 Å². The highest BCUT2D eigenvalue weighted by molar-refractivity contribution is 5.75. The predicted molar refractivity (Wildman–Crippen MR) is 85.3 cm³/mol. The Morgan fingerprint density at radius 2 is 2.04 bits per heavy atom. The third-order valence-corrected chi connectivity index (χ3v) is 4.37. The first-order valence-electron chi connectivity index (χ1n) is 7.76. The van der Waals surface area contributed by atoms with Crippen LogP contribution in [-0.4, -0.2) is 26.9 Å². The van der Waals surface area contributed by atoms with Crippen LogP contribution in [0.1, 0.15) is 24.4 Å². The Hall–Kier alpha value is -2.83. The van der Waals surface area contributed by atoms with Gasteiger partial charge < -0.3 is 4.90 Å². The molecule has 4 rings (SSSR count). The normalized spacial score (nSPS) is 17.4. The molecule has 3 heterocycles. The van der Waals surface area contributed by atoms with Crippen molar-refractivity contribution in [3.8, 4) is 11.1 Å². The Bertz CT molecular complexity index is 849. The molecule has 1 atom stereocenters. The zero-order valence-corrected chi connectivity index (χ0v) is 12.8. The van der Waals surface area contributed by atoms with Gasteiger partial charge in [-0.3, -0.25) is 5.10 Å². The van der Waals surface area contributed by atoms with E-state index in [1.54, 1.807) is 18.6 Å². The fraction of sp³-hybridized carbons (Fsp3) is 0.235. The second-order valence-electron chi connectivity index (χ2n) is 5.78. The molecular formula is C17H15F2N5. The van der Waals surface area contributed by atoms with E-state index in [0.29, 0.717) is 5.56 Å². The number of nitrogens with zero attached hydrogens (tertiary/aromatic N) is 4. The molecule has 5 nitrogen and oxygen atoms in total. The highest BCUT2D eigenvalue weighted by Gasteiger charge is 2.31. The van der Waals surface area contributed by atoms with Gasteiger partial charge in [0.2, 0.25) is 0 Å². The Kier molecular flexibility index (Phi) is 3.68. The predicted octanol–water partition coefficient (Wildman–Crippen LogP) is 3.49. The molecule has 1 aliphatic rings. The van der Waals surface area contributed by atoms with Gasteiger partial charge in [0.05, 0.1) is 24.6 Å². The third-order valence-electron chi connectivity index (χ3n) is 4.37. The summed E-state index contributed by atoms with van der Waals surface area (Å²) >= 11 is 0. The van der Waals surface area contributed by atoms with E-state index in [4.69, 9.17) is 0 Å². The van der Waals surface area contributed by atoms with Crippen molar-refractivity contribution in [2.45, 2.75) is 18.9 Å². The molecule has 122 valence electrons. The van der Waals surface area contributed by atoms with Crippen LogP contribution in [0.5, 0.6) is 0 Å². The summed E-state index contributed by atoms with van der Waals surface area (Å²) in [6.07, 6.45) is 6.63. The third kappa shape index (κ3) is 2.51. The zero-order valence-electron chi connectivity index (χ0n) is 12.8. The average Bonchev–Trinajstić information content (AvgIpc) is 3.26. The Balaban J connectivity index is 1.75. The van der Waals surface area contributed by atoms with Gasteiger partial charge in [-0.05, 0) is 37.1 Å². The topological polar surface area (TPSA) is 57.7 Å². The highest BCUT2D eigenvalue weighted by atomic mass is 19.1. The lowest BCUT2D eigenvalue weighted by molar-refractivity contribution is 0.560. The minimum Gasteiger partial charge on any atom is -0.349 e. The van der Waals surface area contributed by atoms with Crippen LogP contribution in [0.2, 0.25) is 0 Å². The number of aromatic amines is 1. The summed E-state index contributed by atoms with van der Waals surface area (Å²) < 4.78 is 27.8. The summed E-state index contributed by atoms with van der Waals surface area (Å²) in [5.41, 5.74) is 2.12. The van der Waals surface area contributed by atoms with Gasteiger partial charge in [-0.1, -0.05) is 0 Å². The zero-order chi connectivity index (χ0) is 16.5. The minimum atomic E-state index is -0.429. The van der Waals surface area contributed by atoms with E-state index in [2.05, 4.69) is 20.4 Å². The van der Waals surface area contributed by atoms with Crippen LogP contribution in [0.4, 0.5) is 14.6 Å². The molecule has 0 bridgehead atoms. The first-order chi connectivity index (χ1) is 11.7. The van der Waals surface area contributed by atoms with E-state index in [1.165, 1.54) is 12.1 Å². The molecule has 3 aromatic rings. The molecule has 0 spiro atoms. The maximum Gasteiger partial charge on any atom is 0.132 e. The second kappa shape index (κ2) is 5.99. The molecule has 0 unspecified atom stereocenters. The van der Waals surface area contributed by atoms with Crippen molar-refractivity contribution < 1.29 is 8.78 Å². The van der Waals surface area contributed by atoms with Crippen molar-refractivity contribution in [1.82, 2.24) is 20.4 Å². The number of halogens is 2. The first-order valence-corrected chi connectivity index (χ1v) is 7.76. The lowest BCUT2D eigenvalue weighted by atomic mass is 10.0. The Morgan fingerprint density at radius 1 is 1.12 bits per heavy atom. The molecule has 24 heavy (non-hydrogen) atoms. The number of nitrogens with one attached hydrogen (secondary N) is 1. The van der Waals surface area contributed by atoms with E-state index >= 15 is 0 Å². The van der Waals surface area contributed by atoms with Gasteiger partial charge in [0.25, 0.3) is 0 Å². The van der Waals surface area contributed by atoms with Crippen LogP contribution in [0, 0.1) is 11.6 Å². The van der Waals surface area contributed by atoms with E-state index in [9.17, 15) is 8.78 Å². The van der Waals surface area contributed by atoms with E-state index in [1.807, 2.05) is 11.0 Å². The fourth-order valence-electron chi connectivity index (χ4n) is 3.29. The summed E-state index contributed by atoms with van der Waals surface area (Å²) in [5, 5.41) is 14.8. The summed E-state index contributed by atoms with van der Waals surface area (Å²) in [5.74, 6) is -0.0319. The molecule has 0 aliphatic carbocycles. The Labute approximate surface area is 137 Å². The number of anilines is 1. The average molecular weight is 327 g/mol. The van der Waals surface area contributed by atoms with Gasteiger partial charge >= 0.3 is 0 Å². The Morgan fingerprint density at radius 3 is 2.88 bits per heavy atom. The lowest BCUT2D eigenvalue weighted by Crippen LogP contribution is -2.24. The minimum absolute atomic E-state index is 0.227. The summed E-state index contributed by atoms with van der Waals surface area (Å²) in [6, 6.07) is 5.22. The summed E-state index contributed by atoms with van der Waals surface area (Å²) in [6.45, 7) is 0.744. The quantitative estimate of drug-likeness (QED) is 0.800. The molecule has 2 aromatic heterocycles. The number of aromatic nitrogens is 4. The maximum absolute atomic E-state index is 14.2. The molecular weight excluding hydrogens is 312 g/mol. The molecule has 1 N–H and O–H groups in total. The van der Waals surface area contributed by atoms with Gasteiger partial charge in [0.15, 0.2) is 0 Å². The first kappa shape index (κ1) is 14.7. The number of hydrogen-bond donors (Lipinski definition) is 1.